The maximum absolute atomic E-state index is 10.4. The van der Waals surface area contributed by atoms with Crippen LogP contribution >= 0.6 is 0 Å². The quantitative estimate of drug-likeness (QED) is 0.757. The fourth-order valence-electron chi connectivity index (χ4n) is 2.42. The number of benzene rings is 1. The van der Waals surface area contributed by atoms with Crippen LogP contribution in [0.2, 0.25) is 0 Å². The van der Waals surface area contributed by atoms with Crippen LogP contribution in [0.25, 0.3) is 10.9 Å². The Labute approximate surface area is 119 Å². The van der Waals surface area contributed by atoms with E-state index in [1.165, 1.54) is 16.5 Å². The van der Waals surface area contributed by atoms with Crippen LogP contribution in [-0.4, -0.2) is 17.7 Å². The molecule has 2 aromatic rings. The molecular formula is C16H22N2O2. The van der Waals surface area contributed by atoms with Crippen LogP contribution in [0.1, 0.15) is 31.7 Å². The summed E-state index contributed by atoms with van der Waals surface area (Å²) >= 11 is 0. The molecule has 1 heterocycles. The third-order valence-corrected chi connectivity index (χ3v) is 3.63. The summed E-state index contributed by atoms with van der Waals surface area (Å²) < 4.78 is 4.73. The Bertz CT molecular complexity index is 562. The molecule has 3 N–H and O–H groups in total. The minimum Gasteiger partial charge on any atom is -0.450 e. The number of hydrogen-bond acceptors (Lipinski definition) is 2. The SMILES string of the molecule is CC(CCCOC(N)=O)CCc1ccc2[nH]ccc2c1. The molecule has 4 nitrogen and oxygen atoms in total. The highest BCUT2D eigenvalue weighted by atomic mass is 16.5. The lowest BCUT2D eigenvalue weighted by Gasteiger charge is -2.11. The van der Waals surface area contributed by atoms with Gasteiger partial charge in [-0.2, -0.15) is 0 Å². The zero-order valence-electron chi connectivity index (χ0n) is 11.9. The van der Waals surface area contributed by atoms with Crippen molar-refractivity contribution in [2.75, 3.05) is 6.61 Å². The van der Waals surface area contributed by atoms with Gasteiger partial charge < -0.3 is 15.5 Å². The van der Waals surface area contributed by atoms with Crippen LogP contribution in [-0.2, 0) is 11.2 Å². The molecule has 0 bridgehead atoms. The molecule has 0 aliphatic carbocycles. The number of carbonyl (C=O) groups is 1. The van der Waals surface area contributed by atoms with Crippen molar-refractivity contribution < 1.29 is 9.53 Å². The van der Waals surface area contributed by atoms with Crippen molar-refractivity contribution in [2.24, 2.45) is 11.7 Å². The molecule has 1 amide bonds. The van der Waals surface area contributed by atoms with Crippen LogP contribution < -0.4 is 5.73 Å². The average Bonchev–Trinajstić information content (AvgIpc) is 2.88. The smallest absolute Gasteiger partial charge is 0.404 e. The van der Waals surface area contributed by atoms with Gasteiger partial charge in [0.25, 0.3) is 0 Å². The number of nitrogens with two attached hydrogens (primary N) is 1. The summed E-state index contributed by atoms with van der Waals surface area (Å²) in [6.45, 7) is 2.66. The summed E-state index contributed by atoms with van der Waals surface area (Å²) in [6.07, 6.45) is 5.44. The van der Waals surface area contributed by atoms with Gasteiger partial charge in [-0.25, -0.2) is 4.79 Å². The van der Waals surface area contributed by atoms with Gasteiger partial charge in [0.15, 0.2) is 0 Å². The largest absolute Gasteiger partial charge is 0.450 e. The van der Waals surface area contributed by atoms with Crippen molar-refractivity contribution in [1.29, 1.82) is 0 Å². The van der Waals surface area contributed by atoms with Gasteiger partial charge in [-0.05, 0) is 60.7 Å². The van der Waals surface area contributed by atoms with Gasteiger partial charge in [-0.15, -0.1) is 0 Å². The number of H-pyrrole nitrogens is 1. The Morgan fingerprint density at radius 3 is 3.00 bits per heavy atom. The van der Waals surface area contributed by atoms with Crippen molar-refractivity contribution in [2.45, 2.75) is 32.6 Å². The third-order valence-electron chi connectivity index (χ3n) is 3.63. The number of nitrogens with one attached hydrogen (secondary N) is 1. The number of hydrogen-bond donors (Lipinski definition) is 2. The van der Waals surface area contributed by atoms with E-state index >= 15 is 0 Å². The highest BCUT2D eigenvalue weighted by Crippen LogP contribution is 2.18. The van der Waals surface area contributed by atoms with Gasteiger partial charge in [0.1, 0.15) is 0 Å². The van der Waals surface area contributed by atoms with Crippen LogP contribution in [0.5, 0.6) is 0 Å². The molecule has 2 rings (SSSR count). The monoisotopic (exact) mass is 274 g/mol. The minimum atomic E-state index is -0.683. The van der Waals surface area contributed by atoms with E-state index in [4.69, 9.17) is 10.5 Å². The number of fused-ring (bicyclic) bond motifs is 1. The number of amides is 1. The van der Waals surface area contributed by atoms with Crippen molar-refractivity contribution in [3.63, 3.8) is 0 Å². The lowest BCUT2D eigenvalue weighted by molar-refractivity contribution is 0.152. The predicted molar refractivity (Wildman–Crippen MR) is 80.6 cm³/mol. The van der Waals surface area contributed by atoms with E-state index in [1.807, 2.05) is 6.20 Å². The van der Waals surface area contributed by atoms with E-state index in [2.05, 4.69) is 36.2 Å². The molecule has 1 aromatic carbocycles. The van der Waals surface area contributed by atoms with E-state index in [0.29, 0.717) is 12.5 Å². The number of aromatic nitrogens is 1. The van der Waals surface area contributed by atoms with Crippen LogP contribution in [0.15, 0.2) is 30.5 Å². The van der Waals surface area contributed by atoms with Crippen molar-refractivity contribution in [3.8, 4) is 0 Å². The first-order valence-corrected chi connectivity index (χ1v) is 7.13. The maximum atomic E-state index is 10.4. The number of carbonyl (C=O) groups excluding carboxylic acids is 1. The zero-order chi connectivity index (χ0) is 14.4. The molecule has 0 spiro atoms. The lowest BCUT2D eigenvalue weighted by atomic mass is 9.96. The van der Waals surface area contributed by atoms with Gasteiger partial charge in [0.05, 0.1) is 6.61 Å². The highest BCUT2D eigenvalue weighted by molar-refractivity contribution is 5.79. The molecule has 0 saturated heterocycles. The summed E-state index contributed by atoms with van der Waals surface area (Å²) in [7, 11) is 0. The van der Waals surface area contributed by atoms with Gasteiger partial charge in [-0.1, -0.05) is 13.0 Å². The Morgan fingerprint density at radius 1 is 1.35 bits per heavy atom. The average molecular weight is 274 g/mol. The molecular weight excluding hydrogens is 252 g/mol. The number of rotatable bonds is 7. The Balaban J connectivity index is 1.72. The Morgan fingerprint density at radius 2 is 2.20 bits per heavy atom. The van der Waals surface area contributed by atoms with Gasteiger partial charge in [-0.3, -0.25) is 0 Å². The molecule has 1 unspecified atom stereocenters. The zero-order valence-corrected chi connectivity index (χ0v) is 11.9. The maximum Gasteiger partial charge on any atom is 0.404 e. The first kappa shape index (κ1) is 14.4. The highest BCUT2D eigenvalue weighted by Gasteiger charge is 2.04. The van der Waals surface area contributed by atoms with Gasteiger partial charge in [0.2, 0.25) is 0 Å². The van der Waals surface area contributed by atoms with Gasteiger partial charge in [0, 0.05) is 11.7 Å². The van der Waals surface area contributed by atoms with Gasteiger partial charge >= 0.3 is 6.09 Å². The molecule has 0 aliphatic rings. The first-order valence-electron chi connectivity index (χ1n) is 7.13. The number of primary amides is 1. The number of aromatic amines is 1. The second-order valence-corrected chi connectivity index (χ2v) is 5.35. The summed E-state index contributed by atoms with van der Waals surface area (Å²) in [4.78, 5) is 13.6. The molecule has 0 radical (unpaired) electrons. The van der Waals surface area contributed by atoms with Crippen molar-refractivity contribution in [1.82, 2.24) is 4.98 Å². The lowest BCUT2D eigenvalue weighted by Crippen LogP contribution is -2.14. The number of aryl methyl sites for hydroxylation is 1. The molecule has 0 fully saturated rings. The molecule has 1 aromatic heterocycles. The molecule has 0 saturated carbocycles. The molecule has 20 heavy (non-hydrogen) atoms. The summed E-state index contributed by atoms with van der Waals surface area (Å²) in [5.74, 6) is 0.619. The van der Waals surface area contributed by atoms with Crippen molar-refractivity contribution in [3.05, 3.63) is 36.0 Å². The molecule has 0 aliphatic heterocycles. The topological polar surface area (TPSA) is 68.1 Å². The fourth-order valence-corrected chi connectivity index (χ4v) is 2.42. The Hall–Kier alpha value is -1.97. The van der Waals surface area contributed by atoms with Crippen LogP contribution in [0, 0.1) is 5.92 Å². The summed E-state index contributed by atoms with van der Waals surface area (Å²) in [6, 6.07) is 8.66. The normalized spacial score (nSPS) is 12.4. The van der Waals surface area contributed by atoms with E-state index in [1.54, 1.807) is 0 Å². The first-order chi connectivity index (χ1) is 9.65. The van der Waals surface area contributed by atoms with E-state index in [9.17, 15) is 4.79 Å². The van der Waals surface area contributed by atoms with Crippen LogP contribution in [0.4, 0.5) is 4.79 Å². The summed E-state index contributed by atoms with van der Waals surface area (Å²) in [5, 5.41) is 1.27. The second-order valence-electron chi connectivity index (χ2n) is 5.35. The fraction of sp³-hybridized carbons (Fsp3) is 0.438. The van der Waals surface area contributed by atoms with E-state index in [-0.39, 0.29) is 0 Å². The molecule has 108 valence electrons. The molecule has 4 heteroatoms. The standard InChI is InChI=1S/C16H22N2O2/c1-12(3-2-10-20-16(17)19)4-5-13-6-7-15-14(11-13)8-9-18-15/h6-9,11-12,18H,2-5,10H2,1H3,(H2,17,19). The summed E-state index contributed by atoms with van der Waals surface area (Å²) in [5.41, 5.74) is 7.47. The minimum absolute atomic E-state index is 0.426. The third kappa shape index (κ3) is 4.30. The predicted octanol–water partition coefficient (Wildman–Crippen LogP) is 3.61. The van der Waals surface area contributed by atoms with Crippen LogP contribution in [0.3, 0.4) is 0 Å². The van der Waals surface area contributed by atoms with Crippen molar-refractivity contribution >= 4 is 17.0 Å². The Kier molecular flexibility index (Phi) is 5.04. The second kappa shape index (κ2) is 6.98. The molecule has 1 atom stereocenters. The van der Waals surface area contributed by atoms with E-state index < -0.39 is 6.09 Å². The van der Waals surface area contributed by atoms with E-state index in [0.717, 1.165) is 25.7 Å². The number of ether oxygens (including phenoxy) is 1.